The van der Waals surface area contributed by atoms with Crippen LogP contribution in [-0.4, -0.2) is 58.6 Å². The van der Waals surface area contributed by atoms with Gasteiger partial charge in [-0.3, -0.25) is 4.98 Å². The van der Waals surface area contributed by atoms with Gasteiger partial charge in [-0.2, -0.15) is 0 Å². The predicted molar refractivity (Wildman–Crippen MR) is 114 cm³/mol. The van der Waals surface area contributed by atoms with Crippen molar-refractivity contribution in [1.82, 2.24) is 14.9 Å². The largest absolute Gasteiger partial charge is 0.352 e. The second kappa shape index (κ2) is 8.84. The second-order valence-corrected chi connectivity index (χ2v) is 9.24. The number of carbonyl (C=O) groups excluding carboxylic acids is 1. The highest BCUT2D eigenvalue weighted by molar-refractivity contribution is 8.16. The molecule has 27 heavy (non-hydrogen) atoms. The number of hydrogen-bond donors (Lipinski definition) is 1. The van der Waals surface area contributed by atoms with Gasteiger partial charge in [-0.15, -0.1) is 23.5 Å². The minimum Gasteiger partial charge on any atom is -0.352 e. The van der Waals surface area contributed by atoms with Crippen molar-refractivity contribution in [3.63, 3.8) is 0 Å². The van der Waals surface area contributed by atoms with E-state index in [4.69, 9.17) is 0 Å². The number of piperazine rings is 1. The van der Waals surface area contributed by atoms with Crippen molar-refractivity contribution in [2.45, 2.75) is 11.0 Å². The highest BCUT2D eigenvalue weighted by Crippen LogP contribution is 2.44. The van der Waals surface area contributed by atoms with Crippen molar-refractivity contribution in [2.24, 2.45) is 0 Å². The first-order valence-corrected chi connectivity index (χ1v) is 11.3. The Kier molecular flexibility index (Phi) is 6.03. The number of rotatable bonds is 3. The number of amides is 2. The minimum atomic E-state index is -0.0325. The van der Waals surface area contributed by atoms with Gasteiger partial charge in [-0.1, -0.05) is 12.1 Å². The molecule has 0 atom stereocenters. The van der Waals surface area contributed by atoms with Crippen LogP contribution in [0.25, 0.3) is 0 Å². The van der Waals surface area contributed by atoms with Gasteiger partial charge in [0.25, 0.3) is 0 Å². The molecule has 2 aliphatic heterocycles. The van der Waals surface area contributed by atoms with E-state index in [2.05, 4.69) is 32.3 Å². The molecule has 0 spiro atoms. The molecule has 4 rings (SSSR count). The molecule has 1 N–H and O–H groups in total. The summed E-state index contributed by atoms with van der Waals surface area (Å²) in [6.45, 7) is 2.88. The molecule has 0 bridgehead atoms. The molecule has 2 saturated heterocycles. The molecule has 3 heterocycles. The standard InChI is InChI=1S/C19H23N5OS2/c25-19(24-9-7-23(8-10-24)17-14-20-5-6-21-17)22-16-4-1-3-15(13-16)18-26-11-2-12-27-18/h1,3-6,13-14,18H,2,7-12H2,(H,22,25). The first kappa shape index (κ1) is 18.4. The topological polar surface area (TPSA) is 61.4 Å². The number of thioether (sulfide) groups is 2. The molecule has 2 fully saturated rings. The Balaban J connectivity index is 1.33. The maximum atomic E-state index is 12.7. The summed E-state index contributed by atoms with van der Waals surface area (Å²) in [7, 11) is 0. The number of aromatic nitrogens is 2. The van der Waals surface area contributed by atoms with Crippen molar-refractivity contribution in [1.29, 1.82) is 0 Å². The van der Waals surface area contributed by atoms with Gasteiger partial charge in [0.1, 0.15) is 5.82 Å². The number of anilines is 2. The smallest absolute Gasteiger partial charge is 0.321 e. The molecule has 0 radical (unpaired) electrons. The third-order valence-electron chi connectivity index (χ3n) is 4.68. The third-order valence-corrected chi connectivity index (χ3v) is 7.69. The van der Waals surface area contributed by atoms with Gasteiger partial charge in [-0.05, 0) is 35.6 Å². The van der Waals surface area contributed by atoms with Crippen molar-refractivity contribution in [2.75, 3.05) is 47.9 Å². The zero-order chi connectivity index (χ0) is 18.5. The predicted octanol–water partition coefficient (Wildman–Crippen LogP) is 3.70. The monoisotopic (exact) mass is 401 g/mol. The van der Waals surface area contributed by atoms with Gasteiger partial charge in [0.15, 0.2) is 0 Å². The Bertz CT molecular complexity index is 762. The Morgan fingerprint density at radius 3 is 2.67 bits per heavy atom. The molecule has 0 unspecified atom stereocenters. The van der Waals surface area contributed by atoms with Crippen LogP contribution in [0.5, 0.6) is 0 Å². The van der Waals surface area contributed by atoms with E-state index in [0.717, 1.165) is 24.6 Å². The van der Waals surface area contributed by atoms with Crippen LogP contribution in [0.2, 0.25) is 0 Å². The van der Waals surface area contributed by atoms with Crippen LogP contribution in [0.15, 0.2) is 42.9 Å². The van der Waals surface area contributed by atoms with Crippen molar-refractivity contribution in [3.05, 3.63) is 48.4 Å². The molecule has 2 aromatic rings. The Labute approximate surface area is 168 Å². The normalized spacial score (nSPS) is 18.4. The average molecular weight is 402 g/mol. The molecule has 2 amide bonds. The first-order chi connectivity index (χ1) is 13.3. The molecule has 2 aliphatic rings. The van der Waals surface area contributed by atoms with Gasteiger partial charge in [0.2, 0.25) is 0 Å². The lowest BCUT2D eigenvalue weighted by molar-refractivity contribution is 0.208. The van der Waals surface area contributed by atoms with Crippen LogP contribution in [0.4, 0.5) is 16.3 Å². The van der Waals surface area contributed by atoms with E-state index in [9.17, 15) is 4.79 Å². The maximum absolute atomic E-state index is 12.7. The minimum absolute atomic E-state index is 0.0325. The number of hydrogen-bond acceptors (Lipinski definition) is 6. The van der Waals surface area contributed by atoms with Gasteiger partial charge < -0.3 is 15.1 Å². The van der Waals surface area contributed by atoms with Crippen LogP contribution < -0.4 is 10.2 Å². The summed E-state index contributed by atoms with van der Waals surface area (Å²) in [5.74, 6) is 3.29. The molecular formula is C19H23N5OS2. The second-order valence-electron chi connectivity index (χ2n) is 6.52. The lowest BCUT2D eigenvalue weighted by Gasteiger charge is -2.35. The van der Waals surface area contributed by atoms with E-state index in [1.165, 1.54) is 23.5 Å². The Hall–Kier alpha value is -1.93. The van der Waals surface area contributed by atoms with Crippen LogP contribution in [0.3, 0.4) is 0 Å². The summed E-state index contributed by atoms with van der Waals surface area (Å²) < 4.78 is 0.478. The third kappa shape index (κ3) is 4.68. The number of nitrogens with one attached hydrogen (secondary N) is 1. The zero-order valence-electron chi connectivity index (χ0n) is 15.1. The van der Waals surface area contributed by atoms with Crippen molar-refractivity contribution < 1.29 is 4.79 Å². The van der Waals surface area contributed by atoms with E-state index < -0.39 is 0 Å². The number of benzene rings is 1. The highest BCUT2D eigenvalue weighted by atomic mass is 32.2. The summed E-state index contributed by atoms with van der Waals surface area (Å²) >= 11 is 3.99. The summed E-state index contributed by atoms with van der Waals surface area (Å²) in [5, 5.41) is 3.07. The van der Waals surface area contributed by atoms with Gasteiger partial charge in [0, 0.05) is 44.3 Å². The van der Waals surface area contributed by atoms with Gasteiger partial charge in [0.05, 0.1) is 10.8 Å². The van der Waals surface area contributed by atoms with Crippen molar-refractivity contribution >= 4 is 41.1 Å². The summed E-state index contributed by atoms with van der Waals surface area (Å²) in [5.41, 5.74) is 2.16. The summed E-state index contributed by atoms with van der Waals surface area (Å²) in [4.78, 5) is 25.1. The lowest BCUT2D eigenvalue weighted by atomic mass is 10.2. The van der Waals surface area contributed by atoms with Crippen LogP contribution >= 0.6 is 23.5 Å². The summed E-state index contributed by atoms with van der Waals surface area (Å²) in [6.07, 6.45) is 6.42. The summed E-state index contributed by atoms with van der Waals surface area (Å²) in [6, 6.07) is 8.24. The van der Waals surface area contributed by atoms with E-state index in [-0.39, 0.29) is 6.03 Å². The van der Waals surface area contributed by atoms with Crippen LogP contribution in [0.1, 0.15) is 16.6 Å². The van der Waals surface area contributed by atoms with Gasteiger partial charge in [-0.25, -0.2) is 9.78 Å². The molecule has 1 aromatic heterocycles. The van der Waals surface area contributed by atoms with E-state index in [1.54, 1.807) is 18.6 Å². The van der Waals surface area contributed by atoms with E-state index in [1.807, 2.05) is 40.6 Å². The van der Waals surface area contributed by atoms with Crippen molar-refractivity contribution in [3.8, 4) is 0 Å². The quantitative estimate of drug-likeness (QED) is 0.846. The Morgan fingerprint density at radius 1 is 1.11 bits per heavy atom. The maximum Gasteiger partial charge on any atom is 0.321 e. The molecule has 0 saturated carbocycles. The van der Waals surface area contributed by atoms with Crippen LogP contribution in [-0.2, 0) is 0 Å². The molecule has 1 aromatic carbocycles. The number of nitrogens with zero attached hydrogens (tertiary/aromatic N) is 4. The molecule has 6 nitrogen and oxygen atoms in total. The molecule has 142 valence electrons. The molecular weight excluding hydrogens is 378 g/mol. The first-order valence-electron chi connectivity index (χ1n) is 9.20. The van der Waals surface area contributed by atoms with E-state index >= 15 is 0 Å². The zero-order valence-corrected chi connectivity index (χ0v) is 16.7. The fraction of sp³-hybridized carbons (Fsp3) is 0.421. The number of carbonyl (C=O) groups is 1. The molecule has 0 aliphatic carbocycles. The fourth-order valence-corrected chi connectivity index (χ4v) is 6.11. The highest BCUT2D eigenvalue weighted by Gasteiger charge is 2.22. The average Bonchev–Trinajstić information content (AvgIpc) is 2.75. The van der Waals surface area contributed by atoms with Crippen LogP contribution in [0, 0.1) is 0 Å². The lowest BCUT2D eigenvalue weighted by Crippen LogP contribution is -2.50. The fourth-order valence-electron chi connectivity index (χ4n) is 3.24. The number of urea groups is 1. The van der Waals surface area contributed by atoms with E-state index in [0.29, 0.717) is 17.7 Å². The Morgan fingerprint density at radius 2 is 1.93 bits per heavy atom. The SMILES string of the molecule is O=C(Nc1cccc(C2SCCCS2)c1)N1CCN(c2cnccn2)CC1. The van der Waals surface area contributed by atoms with Gasteiger partial charge >= 0.3 is 6.03 Å². The molecule has 8 heteroatoms.